The number of alkyl halides is 3. The van der Waals surface area contributed by atoms with Gasteiger partial charge in [0.15, 0.2) is 0 Å². The maximum absolute atomic E-state index is 12.7. The Morgan fingerprint density at radius 3 is 2.60 bits per heavy atom. The summed E-state index contributed by atoms with van der Waals surface area (Å²) in [5, 5.41) is 12.0. The molecule has 2 rings (SSSR count). The van der Waals surface area contributed by atoms with Crippen LogP contribution in [0.4, 0.5) is 19.0 Å². The van der Waals surface area contributed by atoms with E-state index in [-0.39, 0.29) is 17.4 Å². The molecule has 0 aliphatic heterocycles. The Morgan fingerprint density at radius 1 is 1.30 bits per heavy atom. The highest BCUT2D eigenvalue weighted by Gasteiger charge is 2.33. The molecule has 1 aliphatic rings. The van der Waals surface area contributed by atoms with Crippen LogP contribution in [0.5, 0.6) is 0 Å². The van der Waals surface area contributed by atoms with Crippen LogP contribution in [0.2, 0.25) is 0 Å². The molecule has 20 heavy (non-hydrogen) atoms. The average Bonchev–Trinajstić information content (AvgIpc) is 2.40. The summed E-state index contributed by atoms with van der Waals surface area (Å²) in [7, 11) is 0. The lowest BCUT2D eigenvalue weighted by molar-refractivity contribution is -0.141. The van der Waals surface area contributed by atoms with Crippen molar-refractivity contribution in [3.8, 4) is 6.07 Å². The van der Waals surface area contributed by atoms with Gasteiger partial charge in [-0.05, 0) is 30.9 Å². The maximum Gasteiger partial charge on any atom is 0.433 e. The zero-order valence-electron chi connectivity index (χ0n) is 11.2. The molecule has 6 heteroatoms. The zero-order valence-corrected chi connectivity index (χ0v) is 11.2. The Labute approximate surface area is 115 Å². The number of pyridine rings is 1. The Hall–Kier alpha value is -1.77. The van der Waals surface area contributed by atoms with Crippen molar-refractivity contribution in [3.63, 3.8) is 0 Å². The van der Waals surface area contributed by atoms with Gasteiger partial charge in [0.05, 0.1) is 5.56 Å². The Bertz CT molecular complexity index is 519. The summed E-state index contributed by atoms with van der Waals surface area (Å²) >= 11 is 0. The summed E-state index contributed by atoms with van der Waals surface area (Å²) in [4.78, 5) is 3.58. The largest absolute Gasteiger partial charge is 0.433 e. The lowest BCUT2D eigenvalue weighted by Gasteiger charge is -2.30. The summed E-state index contributed by atoms with van der Waals surface area (Å²) in [6.45, 7) is 2.07. The van der Waals surface area contributed by atoms with E-state index in [0.29, 0.717) is 5.92 Å². The van der Waals surface area contributed by atoms with E-state index >= 15 is 0 Å². The van der Waals surface area contributed by atoms with E-state index in [0.717, 1.165) is 31.7 Å². The van der Waals surface area contributed by atoms with E-state index in [9.17, 15) is 13.2 Å². The average molecular weight is 283 g/mol. The second kappa shape index (κ2) is 5.70. The third-order valence-corrected chi connectivity index (χ3v) is 3.74. The van der Waals surface area contributed by atoms with E-state index in [1.165, 1.54) is 6.07 Å². The molecular weight excluding hydrogens is 267 g/mol. The molecule has 0 radical (unpaired) electrons. The number of anilines is 1. The first-order valence-electron chi connectivity index (χ1n) is 6.66. The smallest absolute Gasteiger partial charge is 0.366 e. The van der Waals surface area contributed by atoms with Crippen molar-refractivity contribution in [1.82, 2.24) is 4.98 Å². The van der Waals surface area contributed by atoms with Crippen molar-refractivity contribution in [2.45, 2.75) is 44.8 Å². The van der Waals surface area contributed by atoms with Gasteiger partial charge >= 0.3 is 6.18 Å². The predicted molar refractivity (Wildman–Crippen MR) is 69.0 cm³/mol. The monoisotopic (exact) mass is 283 g/mol. The fourth-order valence-electron chi connectivity index (χ4n) is 2.52. The van der Waals surface area contributed by atoms with Crippen LogP contribution in [-0.2, 0) is 6.18 Å². The van der Waals surface area contributed by atoms with Gasteiger partial charge < -0.3 is 5.32 Å². The van der Waals surface area contributed by atoms with Crippen LogP contribution in [0, 0.1) is 17.2 Å². The normalized spacial score (nSPS) is 23.1. The zero-order chi connectivity index (χ0) is 14.8. The molecule has 1 aromatic rings. The highest BCUT2D eigenvalue weighted by atomic mass is 19.4. The van der Waals surface area contributed by atoms with Crippen LogP contribution >= 0.6 is 0 Å². The fourth-order valence-corrected chi connectivity index (χ4v) is 2.52. The molecule has 108 valence electrons. The standard InChI is InChI=1S/C14H16F3N3/c1-9-4-2-3-5-11(9)19-13-10(8-18)6-7-12(20-13)14(15,16)17/h6-7,9,11H,2-5H2,1H3,(H,19,20). The van der Waals surface area contributed by atoms with Crippen molar-refractivity contribution >= 4 is 5.82 Å². The van der Waals surface area contributed by atoms with Crippen LogP contribution in [0.3, 0.4) is 0 Å². The molecule has 1 aromatic heterocycles. The van der Waals surface area contributed by atoms with Crippen LogP contribution in [0.25, 0.3) is 0 Å². The molecule has 0 bridgehead atoms. The number of rotatable bonds is 2. The van der Waals surface area contributed by atoms with Gasteiger partial charge in [0.2, 0.25) is 0 Å². The summed E-state index contributed by atoms with van der Waals surface area (Å²) in [5.74, 6) is 0.410. The highest BCUT2D eigenvalue weighted by Crippen LogP contribution is 2.31. The van der Waals surface area contributed by atoms with Crippen molar-refractivity contribution in [3.05, 3.63) is 23.4 Å². The highest BCUT2D eigenvalue weighted by molar-refractivity contribution is 5.53. The second-order valence-corrected chi connectivity index (χ2v) is 5.21. The van der Waals surface area contributed by atoms with Crippen LogP contribution in [-0.4, -0.2) is 11.0 Å². The number of nitrogens with zero attached hydrogens (tertiary/aromatic N) is 2. The van der Waals surface area contributed by atoms with Crippen LogP contribution in [0.15, 0.2) is 12.1 Å². The van der Waals surface area contributed by atoms with Gasteiger partial charge in [-0.25, -0.2) is 4.98 Å². The van der Waals surface area contributed by atoms with Gasteiger partial charge in [0.1, 0.15) is 17.6 Å². The summed E-state index contributed by atoms with van der Waals surface area (Å²) in [6, 6.07) is 3.98. The fraction of sp³-hybridized carbons (Fsp3) is 0.571. The number of halogens is 3. The number of nitrogens with one attached hydrogen (secondary N) is 1. The quantitative estimate of drug-likeness (QED) is 0.893. The first-order chi connectivity index (χ1) is 9.41. The van der Waals surface area contributed by atoms with E-state index in [1.54, 1.807) is 0 Å². The van der Waals surface area contributed by atoms with Crippen molar-refractivity contribution in [2.75, 3.05) is 5.32 Å². The molecule has 1 aliphatic carbocycles. The minimum atomic E-state index is -4.50. The molecule has 1 N–H and O–H groups in total. The van der Waals surface area contributed by atoms with Gasteiger partial charge in [-0.2, -0.15) is 18.4 Å². The van der Waals surface area contributed by atoms with Gasteiger partial charge in [-0.15, -0.1) is 0 Å². The van der Waals surface area contributed by atoms with Crippen LogP contribution < -0.4 is 5.32 Å². The number of hydrogen-bond donors (Lipinski definition) is 1. The molecule has 0 saturated heterocycles. The second-order valence-electron chi connectivity index (χ2n) is 5.21. The van der Waals surface area contributed by atoms with Gasteiger partial charge in [0, 0.05) is 6.04 Å². The summed E-state index contributed by atoms with van der Waals surface area (Å²) in [6.07, 6.45) is -0.381. The minimum Gasteiger partial charge on any atom is -0.366 e. The molecule has 0 aromatic carbocycles. The van der Waals surface area contributed by atoms with E-state index < -0.39 is 11.9 Å². The lowest BCUT2D eigenvalue weighted by atomic mass is 9.86. The lowest BCUT2D eigenvalue weighted by Crippen LogP contribution is -2.31. The van der Waals surface area contributed by atoms with Crippen molar-refractivity contribution in [1.29, 1.82) is 5.26 Å². The van der Waals surface area contributed by atoms with Crippen molar-refractivity contribution in [2.24, 2.45) is 5.92 Å². The molecule has 0 amide bonds. The van der Waals surface area contributed by atoms with Gasteiger partial charge in [-0.3, -0.25) is 0 Å². The van der Waals surface area contributed by atoms with E-state index in [1.807, 2.05) is 6.07 Å². The third kappa shape index (κ3) is 3.21. The molecule has 0 spiro atoms. The Morgan fingerprint density at radius 2 is 2.00 bits per heavy atom. The van der Waals surface area contributed by atoms with Crippen LogP contribution in [0.1, 0.15) is 43.9 Å². The molecule has 2 atom stereocenters. The summed E-state index contributed by atoms with van der Waals surface area (Å²) < 4.78 is 38.1. The molecule has 1 heterocycles. The van der Waals surface area contributed by atoms with Gasteiger partial charge in [0.25, 0.3) is 0 Å². The van der Waals surface area contributed by atoms with E-state index in [2.05, 4.69) is 17.2 Å². The molecule has 2 unspecified atom stereocenters. The predicted octanol–water partition coefficient (Wildman–Crippen LogP) is 3.96. The Kier molecular flexibility index (Phi) is 4.17. The van der Waals surface area contributed by atoms with Crippen molar-refractivity contribution < 1.29 is 13.2 Å². The topological polar surface area (TPSA) is 48.7 Å². The Balaban J connectivity index is 2.27. The third-order valence-electron chi connectivity index (χ3n) is 3.74. The maximum atomic E-state index is 12.7. The first kappa shape index (κ1) is 14.6. The minimum absolute atomic E-state index is 0.0427. The number of aromatic nitrogens is 1. The molecular formula is C14H16F3N3. The molecule has 1 fully saturated rings. The SMILES string of the molecule is CC1CCCCC1Nc1nc(C(F)(F)F)ccc1C#N. The van der Waals surface area contributed by atoms with E-state index in [4.69, 9.17) is 5.26 Å². The van der Waals surface area contributed by atoms with Gasteiger partial charge in [-0.1, -0.05) is 19.8 Å². The first-order valence-corrected chi connectivity index (χ1v) is 6.66. The molecule has 1 saturated carbocycles. The number of hydrogen-bond acceptors (Lipinski definition) is 3. The summed E-state index contributed by atoms with van der Waals surface area (Å²) in [5.41, 5.74) is -0.821. The molecule has 3 nitrogen and oxygen atoms in total. The number of nitriles is 1.